The highest BCUT2D eigenvalue weighted by Gasteiger charge is 2.22. The van der Waals surface area contributed by atoms with Crippen LogP contribution in [-0.4, -0.2) is 24.8 Å². The largest absolute Gasteiger partial charge is 1.00 e. The number of likely N-dealkylation sites (N-methyl/N-ethyl adjacent to an activating group) is 1. The predicted molar refractivity (Wildman–Crippen MR) is 95.3 cm³/mol. The normalized spacial score (nSPS) is 14.4. The van der Waals surface area contributed by atoms with Crippen LogP contribution in [0, 0.1) is 6.92 Å². The van der Waals surface area contributed by atoms with Crippen LogP contribution in [0.5, 0.6) is 0 Å². The molecular weight excluding hydrogens is 364 g/mol. The van der Waals surface area contributed by atoms with Gasteiger partial charge in [-0.1, -0.05) is 6.07 Å². The van der Waals surface area contributed by atoms with Gasteiger partial charge in [-0.25, -0.2) is 0 Å². The number of aliphatic hydroxyl groups is 1. The van der Waals surface area contributed by atoms with Crippen molar-refractivity contribution in [2.75, 3.05) is 24.6 Å². The fourth-order valence-corrected chi connectivity index (χ4v) is 3.27. The van der Waals surface area contributed by atoms with E-state index in [0.717, 1.165) is 19.5 Å². The third kappa shape index (κ3) is 3.87. The molecule has 0 aliphatic carbocycles. The van der Waals surface area contributed by atoms with E-state index in [9.17, 15) is 5.11 Å². The molecule has 4 heteroatoms. The van der Waals surface area contributed by atoms with E-state index in [-0.39, 0.29) is 23.6 Å². The topological polar surface area (TPSA) is 27.3 Å². The number of pyridine rings is 1. The van der Waals surface area contributed by atoms with E-state index < -0.39 is 0 Å². The molecule has 0 unspecified atom stereocenters. The highest BCUT2D eigenvalue weighted by molar-refractivity contribution is 5.81. The minimum Gasteiger partial charge on any atom is -1.00 e. The van der Waals surface area contributed by atoms with Gasteiger partial charge in [0.1, 0.15) is 0 Å². The third-order valence-corrected chi connectivity index (χ3v) is 4.59. The van der Waals surface area contributed by atoms with Crippen LogP contribution in [0.15, 0.2) is 42.6 Å². The molecule has 0 radical (unpaired) electrons. The van der Waals surface area contributed by atoms with Crippen LogP contribution in [0.1, 0.15) is 30.2 Å². The van der Waals surface area contributed by atoms with Gasteiger partial charge in [0, 0.05) is 42.9 Å². The Morgan fingerprint density at radius 3 is 2.79 bits per heavy atom. The van der Waals surface area contributed by atoms with E-state index >= 15 is 0 Å². The highest BCUT2D eigenvalue weighted by Crippen LogP contribution is 2.26. The van der Waals surface area contributed by atoms with Crippen molar-refractivity contribution >= 4 is 17.3 Å². The molecule has 0 saturated heterocycles. The third-order valence-electron chi connectivity index (χ3n) is 4.59. The summed E-state index contributed by atoms with van der Waals surface area (Å²) in [5, 5.41) is 9.18. The Kier molecular flexibility index (Phi) is 6.58. The predicted octanol–water partition coefficient (Wildman–Crippen LogP) is 0.0494. The molecule has 2 heterocycles. The van der Waals surface area contributed by atoms with E-state index in [1.165, 1.54) is 28.1 Å². The molecule has 1 aliphatic heterocycles. The lowest BCUT2D eigenvalue weighted by Crippen LogP contribution is -3.00. The average molecular weight is 389 g/mol. The Morgan fingerprint density at radius 2 is 2.08 bits per heavy atom. The minimum atomic E-state index is 0. The summed E-state index contributed by atoms with van der Waals surface area (Å²) in [6, 6.07) is 13.0. The van der Waals surface area contributed by atoms with Crippen molar-refractivity contribution in [3.05, 3.63) is 59.4 Å². The molecule has 2 aromatic rings. The monoisotopic (exact) mass is 388 g/mol. The number of rotatable bonds is 5. The van der Waals surface area contributed by atoms with Crippen LogP contribution in [0.4, 0.5) is 5.69 Å². The van der Waals surface area contributed by atoms with E-state index in [1.54, 1.807) is 0 Å². The van der Waals surface area contributed by atoms with Crippen LogP contribution < -0.4 is 26.4 Å². The van der Waals surface area contributed by atoms with Crippen molar-refractivity contribution in [2.24, 2.45) is 0 Å². The number of benzene rings is 1. The summed E-state index contributed by atoms with van der Waals surface area (Å²) in [7, 11) is 0. The summed E-state index contributed by atoms with van der Waals surface area (Å²) in [5.74, 6) is 0. The van der Waals surface area contributed by atoms with Crippen molar-refractivity contribution in [1.29, 1.82) is 0 Å². The van der Waals surface area contributed by atoms with E-state index in [2.05, 4.69) is 72.0 Å². The Labute approximate surface area is 155 Å². The number of anilines is 1. The minimum absolute atomic E-state index is 0. The van der Waals surface area contributed by atoms with Gasteiger partial charge >= 0.3 is 0 Å². The zero-order valence-corrected chi connectivity index (χ0v) is 16.0. The van der Waals surface area contributed by atoms with E-state index in [1.807, 2.05) is 0 Å². The summed E-state index contributed by atoms with van der Waals surface area (Å²) in [6.45, 7) is 7.13. The SMILES string of the molecule is CCN(CCO)c1ccc(C=C2CC[n+]3ccccc32)c(C)c1.[Br-]. The molecular formula is C20H25BrN2O. The van der Waals surface area contributed by atoms with Gasteiger partial charge in [-0.05, 0) is 49.2 Å². The van der Waals surface area contributed by atoms with Crippen molar-refractivity contribution < 1.29 is 26.7 Å². The standard InChI is InChI=1S/C20H25N2O.BrH/c1-3-21(12-13-23)19-8-7-17(16(2)14-19)15-18-9-11-22-10-5-4-6-20(18)22;/h4-8,10,14-15,23H,3,9,11-13H2,1-2H3;1H/q+1;/p-1. The van der Waals surface area contributed by atoms with Crippen molar-refractivity contribution in [2.45, 2.75) is 26.8 Å². The molecule has 3 rings (SSSR count). The molecule has 1 aromatic carbocycles. The Morgan fingerprint density at radius 1 is 1.25 bits per heavy atom. The maximum absolute atomic E-state index is 9.18. The van der Waals surface area contributed by atoms with Crippen molar-refractivity contribution in [3.63, 3.8) is 0 Å². The molecule has 0 saturated carbocycles. The van der Waals surface area contributed by atoms with Crippen LogP contribution in [0.25, 0.3) is 11.6 Å². The lowest BCUT2D eigenvalue weighted by Gasteiger charge is -2.22. The molecule has 24 heavy (non-hydrogen) atoms. The molecule has 128 valence electrons. The van der Waals surface area contributed by atoms with Crippen molar-refractivity contribution in [1.82, 2.24) is 0 Å². The first kappa shape index (κ1) is 18.7. The van der Waals surface area contributed by atoms with Gasteiger partial charge in [0.15, 0.2) is 12.7 Å². The number of halogens is 1. The second-order valence-electron chi connectivity index (χ2n) is 6.04. The molecule has 1 N–H and O–H groups in total. The summed E-state index contributed by atoms with van der Waals surface area (Å²) in [5.41, 5.74) is 6.47. The number of fused-ring (bicyclic) bond motifs is 1. The van der Waals surface area contributed by atoms with Gasteiger partial charge in [0.25, 0.3) is 0 Å². The molecule has 0 fully saturated rings. The van der Waals surface area contributed by atoms with Crippen LogP contribution in [0.2, 0.25) is 0 Å². The molecule has 0 spiro atoms. The van der Waals surface area contributed by atoms with E-state index in [0.29, 0.717) is 6.54 Å². The lowest BCUT2D eigenvalue weighted by atomic mass is 10.0. The first-order chi connectivity index (χ1) is 11.2. The van der Waals surface area contributed by atoms with Crippen molar-refractivity contribution in [3.8, 4) is 0 Å². The molecule has 0 atom stereocenters. The Balaban J connectivity index is 0.00000208. The Bertz CT molecular complexity index is 727. The van der Waals surface area contributed by atoms with Gasteiger partial charge in [0.05, 0.1) is 6.61 Å². The Hall–Kier alpha value is -1.65. The van der Waals surface area contributed by atoms with E-state index in [4.69, 9.17) is 0 Å². The van der Waals surface area contributed by atoms with Gasteiger partial charge in [0.2, 0.25) is 5.69 Å². The summed E-state index contributed by atoms with van der Waals surface area (Å²) < 4.78 is 2.32. The first-order valence-corrected chi connectivity index (χ1v) is 8.39. The number of aromatic nitrogens is 1. The smallest absolute Gasteiger partial charge is 0.208 e. The van der Waals surface area contributed by atoms with Gasteiger partial charge in [-0.2, -0.15) is 4.57 Å². The number of nitrogens with zero attached hydrogens (tertiary/aromatic N) is 2. The molecule has 1 aliphatic rings. The fraction of sp³-hybridized carbons (Fsp3) is 0.350. The van der Waals surface area contributed by atoms with Crippen LogP contribution in [0.3, 0.4) is 0 Å². The van der Waals surface area contributed by atoms with Gasteiger partial charge < -0.3 is 27.0 Å². The van der Waals surface area contributed by atoms with Crippen LogP contribution in [-0.2, 0) is 6.54 Å². The summed E-state index contributed by atoms with van der Waals surface area (Å²) >= 11 is 0. The molecule has 0 bridgehead atoms. The summed E-state index contributed by atoms with van der Waals surface area (Å²) in [4.78, 5) is 2.20. The number of hydrogen-bond acceptors (Lipinski definition) is 2. The first-order valence-electron chi connectivity index (χ1n) is 8.39. The van der Waals surface area contributed by atoms with Gasteiger partial charge in [-0.15, -0.1) is 0 Å². The lowest BCUT2D eigenvalue weighted by molar-refractivity contribution is -0.689. The van der Waals surface area contributed by atoms with Gasteiger partial charge in [-0.3, -0.25) is 0 Å². The molecule has 1 aromatic heterocycles. The number of aliphatic hydroxyl groups excluding tert-OH is 1. The molecule has 3 nitrogen and oxygen atoms in total. The fourth-order valence-electron chi connectivity index (χ4n) is 3.27. The highest BCUT2D eigenvalue weighted by atomic mass is 79.9. The number of hydrogen-bond donors (Lipinski definition) is 1. The molecule has 0 amide bonds. The number of aryl methyl sites for hydroxylation is 2. The number of allylic oxidation sites excluding steroid dienone is 1. The van der Waals surface area contributed by atoms with Crippen LogP contribution >= 0.6 is 0 Å². The maximum Gasteiger partial charge on any atom is 0.208 e. The second kappa shape index (κ2) is 8.45. The average Bonchev–Trinajstić information content (AvgIpc) is 2.98. The summed E-state index contributed by atoms with van der Waals surface area (Å²) in [6.07, 6.45) is 5.57. The zero-order valence-electron chi connectivity index (χ0n) is 14.4. The zero-order chi connectivity index (χ0) is 16.2. The quantitative estimate of drug-likeness (QED) is 0.732. The maximum atomic E-state index is 9.18. The second-order valence-corrected chi connectivity index (χ2v) is 6.04.